The molecular formula is C21H25NO6. The highest BCUT2D eigenvalue weighted by Crippen LogP contribution is 2.35. The van der Waals surface area contributed by atoms with Gasteiger partial charge in [-0.25, -0.2) is 9.59 Å². The molecule has 28 heavy (non-hydrogen) atoms. The van der Waals surface area contributed by atoms with Crippen molar-refractivity contribution in [1.29, 1.82) is 0 Å². The van der Waals surface area contributed by atoms with Crippen molar-refractivity contribution in [3.05, 3.63) is 53.6 Å². The molecule has 7 nitrogen and oxygen atoms in total. The van der Waals surface area contributed by atoms with Gasteiger partial charge in [0.25, 0.3) is 0 Å². The van der Waals surface area contributed by atoms with Crippen molar-refractivity contribution in [3.8, 4) is 11.5 Å². The molecule has 0 aliphatic carbocycles. The summed E-state index contributed by atoms with van der Waals surface area (Å²) in [6.07, 6.45) is -0.697. The first-order valence-corrected chi connectivity index (χ1v) is 8.70. The predicted octanol–water partition coefficient (Wildman–Crippen LogP) is 4.41. The number of benzene rings is 2. The molecule has 2 aromatic carbocycles. The fourth-order valence-corrected chi connectivity index (χ4v) is 2.36. The van der Waals surface area contributed by atoms with E-state index in [2.05, 4.69) is 5.32 Å². The van der Waals surface area contributed by atoms with Crippen molar-refractivity contribution in [3.63, 3.8) is 0 Å². The van der Waals surface area contributed by atoms with Gasteiger partial charge in [-0.1, -0.05) is 30.3 Å². The van der Waals surface area contributed by atoms with Gasteiger partial charge in [0.1, 0.15) is 12.2 Å². The molecule has 0 radical (unpaired) electrons. The molecule has 0 atom stereocenters. The molecule has 0 aliphatic heterocycles. The van der Waals surface area contributed by atoms with Gasteiger partial charge in [-0.05, 0) is 26.3 Å². The minimum absolute atomic E-state index is 0.122. The van der Waals surface area contributed by atoms with Crippen LogP contribution in [0.4, 0.5) is 10.5 Å². The van der Waals surface area contributed by atoms with Gasteiger partial charge < -0.3 is 18.9 Å². The van der Waals surface area contributed by atoms with Gasteiger partial charge in [0.05, 0.1) is 25.5 Å². The van der Waals surface area contributed by atoms with E-state index in [1.165, 1.54) is 26.4 Å². The molecule has 1 amide bonds. The number of rotatable bonds is 6. The van der Waals surface area contributed by atoms with Crippen LogP contribution in [0.3, 0.4) is 0 Å². The molecule has 0 heterocycles. The highest BCUT2D eigenvalue weighted by molar-refractivity contribution is 6.00. The zero-order valence-electron chi connectivity index (χ0n) is 16.7. The number of ether oxygens (including phenoxy) is 4. The highest BCUT2D eigenvalue weighted by Gasteiger charge is 2.22. The van der Waals surface area contributed by atoms with Gasteiger partial charge in [-0.15, -0.1) is 0 Å². The molecule has 150 valence electrons. The Labute approximate surface area is 164 Å². The summed E-state index contributed by atoms with van der Waals surface area (Å²) >= 11 is 0. The fraction of sp³-hybridized carbons (Fsp3) is 0.333. The molecule has 0 spiro atoms. The first kappa shape index (κ1) is 21.1. The van der Waals surface area contributed by atoms with E-state index in [9.17, 15) is 9.59 Å². The summed E-state index contributed by atoms with van der Waals surface area (Å²) in [5.41, 5.74) is 0.597. The van der Waals surface area contributed by atoms with Crippen molar-refractivity contribution >= 4 is 17.7 Å². The van der Waals surface area contributed by atoms with Crippen LogP contribution < -0.4 is 14.8 Å². The van der Waals surface area contributed by atoms with Crippen LogP contribution in [0.2, 0.25) is 0 Å². The third-order valence-corrected chi connectivity index (χ3v) is 3.58. The van der Waals surface area contributed by atoms with Crippen LogP contribution in [0.5, 0.6) is 11.5 Å². The van der Waals surface area contributed by atoms with Crippen molar-refractivity contribution in [2.45, 2.75) is 33.0 Å². The monoisotopic (exact) mass is 387 g/mol. The normalized spacial score (nSPS) is 10.8. The molecule has 0 aromatic heterocycles. The van der Waals surface area contributed by atoms with Crippen molar-refractivity contribution < 1.29 is 28.5 Å². The molecule has 1 N–H and O–H groups in total. The first-order chi connectivity index (χ1) is 13.2. The van der Waals surface area contributed by atoms with E-state index >= 15 is 0 Å². The second kappa shape index (κ2) is 9.12. The van der Waals surface area contributed by atoms with E-state index in [1.807, 2.05) is 30.3 Å². The Balaban J connectivity index is 2.34. The largest absolute Gasteiger partial charge is 0.493 e. The van der Waals surface area contributed by atoms with Gasteiger partial charge in [-0.2, -0.15) is 0 Å². The van der Waals surface area contributed by atoms with Crippen LogP contribution in [-0.2, 0) is 16.1 Å². The summed E-state index contributed by atoms with van der Waals surface area (Å²) in [4.78, 5) is 24.3. The standard InChI is InChI=1S/C21H25NO6/c1-21(2,3)28-20(24)22-16-12-18(27-13-14-9-7-6-8-10-14)17(25-4)11-15(16)19(23)26-5/h6-12H,13H2,1-5H3,(H,22,24). The fourth-order valence-electron chi connectivity index (χ4n) is 2.36. The van der Waals surface area contributed by atoms with Gasteiger partial charge in [-0.3, -0.25) is 5.32 Å². The lowest BCUT2D eigenvalue weighted by Crippen LogP contribution is -2.27. The van der Waals surface area contributed by atoms with Crippen LogP contribution in [0.25, 0.3) is 0 Å². The van der Waals surface area contributed by atoms with Crippen molar-refractivity contribution in [1.82, 2.24) is 0 Å². The van der Waals surface area contributed by atoms with E-state index < -0.39 is 17.7 Å². The van der Waals surface area contributed by atoms with Crippen molar-refractivity contribution in [2.75, 3.05) is 19.5 Å². The number of hydrogen-bond acceptors (Lipinski definition) is 6. The van der Waals surface area contributed by atoms with Crippen molar-refractivity contribution in [2.24, 2.45) is 0 Å². The molecule has 2 rings (SSSR count). The van der Waals surface area contributed by atoms with Gasteiger partial charge in [0.2, 0.25) is 0 Å². The number of nitrogens with one attached hydrogen (secondary N) is 1. The van der Waals surface area contributed by atoms with Crippen LogP contribution in [0, 0.1) is 0 Å². The molecule has 0 fully saturated rings. The summed E-state index contributed by atoms with van der Waals surface area (Å²) in [7, 11) is 2.72. The van der Waals surface area contributed by atoms with Crippen LogP contribution in [-0.4, -0.2) is 31.9 Å². The van der Waals surface area contributed by atoms with E-state index in [1.54, 1.807) is 20.8 Å². The number of carbonyl (C=O) groups is 2. The maximum absolute atomic E-state index is 12.2. The topological polar surface area (TPSA) is 83.1 Å². The predicted molar refractivity (Wildman–Crippen MR) is 105 cm³/mol. The van der Waals surface area contributed by atoms with Gasteiger partial charge in [0, 0.05) is 12.1 Å². The van der Waals surface area contributed by atoms with E-state index in [0.29, 0.717) is 18.1 Å². The average molecular weight is 387 g/mol. The summed E-state index contributed by atoms with van der Waals surface area (Å²) in [5, 5.41) is 2.57. The molecule has 2 aromatic rings. The number of hydrogen-bond donors (Lipinski definition) is 1. The number of carbonyl (C=O) groups excluding carboxylic acids is 2. The van der Waals surface area contributed by atoms with Crippen LogP contribution in [0.1, 0.15) is 36.7 Å². The molecule has 0 saturated carbocycles. The SMILES string of the molecule is COC(=O)c1cc(OC)c(OCc2ccccc2)cc1NC(=O)OC(C)(C)C. The third-order valence-electron chi connectivity index (χ3n) is 3.58. The number of methoxy groups -OCH3 is 2. The first-order valence-electron chi connectivity index (χ1n) is 8.70. The lowest BCUT2D eigenvalue weighted by molar-refractivity contribution is 0.0601. The Kier molecular flexibility index (Phi) is 6.87. The lowest BCUT2D eigenvalue weighted by Gasteiger charge is -2.21. The summed E-state index contributed by atoms with van der Waals surface area (Å²) < 4.78 is 21.2. The number of esters is 1. The maximum Gasteiger partial charge on any atom is 0.412 e. The minimum Gasteiger partial charge on any atom is -0.493 e. The Bertz CT molecular complexity index is 827. The van der Waals surface area contributed by atoms with Crippen LogP contribution >= 0.6 is 0 Å². The molecule has 7 heteroatoms. The second-order valence-electron chi connectivity index (χ2n) is 6.94. The molecule has 0 unspecified atom stereocenters. The Morgan fingerprint density at radius 1 is 1.00 bits per heavy atom. The quantitative estimate of drug-likeness (QED) is 0.740. The third kappa shape index (κ3) is 5.90. The lowest BCUT2D eigenvalue weighted by atomic mass is 10.1. The highest BCUT2D eigenvalue weighted by atomic mass is 16.6. The molecule has 0 aliphatic rings. The van der Waals surface area contributed by atoms with E-state index in [0.717, 1.165) is 5.56 Å². The van der Waals surface area contributed by atoms with Gasteiger partial charge >= 0.3 is 12.1 Å². The summed E-state index contributed by atoms with van der Waals surface area (Å²) in [5.74, 6) is 0.0788. The minimum atomic E-state index is -0.697. The summed E-state index contributed by atoms with van der Waals surface area (Å²) in [6, 6.07) is 12.6. The number of amides is 1. The second-order valence-corrected chi connectivity index (χ2v) is 6.94. The maximum atomic E-state index is 12.2. The number of anilines is 1. The van der Waals surface area contributed by atoms with Crippen LogP contribution in [0.15, 0.2) is 42.5 Å². The summed E-state index contributed by atoms with van der Waals surface area (Å²) in [6.45, 7) is 5.53. The smallest absolute Gasteiger partial charge is 0.412 e. The zero-order chi connectivity index (χ0) is 20.7. The van der Waals surface area contributed by atoms with E-state index in [-0.39, 0.29) is 11.3 Å². The molecule has 0 saturated heterocycles. The average Bonchev–Trinajstić information content (AvgIpc) is 2.65. The Morgan fingerprint density at radius 2 is 1.68 bits per heavy atom. The van der Waals surface area contributed by atoms with E-state index in [4.69, 9.17) is 18.9 Å². The zero-order valence-corrected chi connectivity index (χ0v) is 16.7. The molecule has 0 bridgehead atoms. The van der Waals surface area contributed by atoms with Gasteiger partial charge in [0.15, 0.2) is 11.5 Å². The Hall–Kier alpha value is -3.22. The Morgan fingerprint density at radius 3 is 2.25 bits per heavy atom. The molecular weight excluding hydrogens is 362 g/mol.